The van der Waals surface area contributed by atoms with E-state index in [1.807, 2.05) is 6.07 Å². The molecule has 6 nitrogen and oxygen atoms in total. The molecule has 0 aliphatic carbocycles. The van der Waals surface area contributed by atoms with E-state index in [-0.39, 0.29) is 17.2 Å². The molecule has 1 aliphatic heterocycles. The summed E-state index contributed by atoms with van der Waals surface area (Å²) in [5.41, 5.74) is 1.19. The van der Waals surface area contributed by atoms with Gasteiger partial charge in [0.05, 0.1) is 12.2 Å². The van der Waals surface area contributed by atoms with E-state index in [1.165, 1.54) is 4.68 Å². The van der Waals surface area contributed by atoms with Crippen molar-refractivity contribution in [2.45, 2.75) is 39.5 Å². The predicted molar refractivity (Wildman–Crippen MR) is 68.6 cm³/mol. The molecule has 0 aromatic carbocycles. The van der Waals surface area contributed by atoms with Crippen molar-refractivity contribution in [3.05, 3.63) is 27.2 Å². The van der Waals surface area contributed by atoms with Crippen molar-refractivity contribution < 1.29 is 10.0 Å². The molecule has 102 valence electrons. The van der Waals surface area contributed by atoms with Gasteiger partial charge in [0.25, 0.3) is 5.56 Å². The number of likely N-dealkylation sites (tertiary alicyclic amines) is 1. The number of aryl methyl sites for hydroxylation is 1. The van der Waals surface area contributed by atoms with Gasteiger partial charge in [0.15, 0.2) is 6.67 Å². The number of rotatable bonds is 2. The Bertz CT molecular complexity index is 573. The number of nitrogens with zero attached hydrogens (tertiary/aromatic N) is 3. The van der Waals surface area contributed by atoms with Crippen molar-refractivity contribution in [3.63, 3.8) is 0 Å². The normalized spacial score (nSPS) is 23.1. The van der Waals surface area contributed by atoms with E-state index in [1.54, 1.807) is 13.8 Å². The molecule has 2 atom stereocenters. The van der Waals surface area contributed by atoms with E-state index in [0.29, 0.717) is 24.5 Å². The Balaban J connectivity index is 2.28. The molecular formula is C13H19N4O2+. The van der Waals surface area contributed by atoms with E-state index in [2.05, 4.69) is 5.10 Å². The van der Waals surface area contributed by atoms with Crippen LogP contribution in [0.3, 0.4) is 0 Å². The largest absolute Gasteiger partial charge is 0.387 e. The molecule has 0 spiro atoms. The third-order valence-corrected chi connectivity index (χ3v) is 3.71. The zero-order valence-corrected chi connectivity index (χ0v) is 11.3. The molecule has 0 radical (unpaired) electrons. The first-order chi connectivity index (χ1) is 9.02. The Morgan fingerprint density at radius 1 is 1.58 bits per heavy atom. The second kappa shape index (κ2) is 5.51. The van der Waals surface area contributed by atoms with E-state index in [4.69, 9.17) is 5.26 Å². The number of quaternary nitrogens is 1. The molecule has 19 heavy (non-hydrogen) atoms. The molecule has 1 aliphatic rings. The number of piperidine rings is 1. The van der Waals surface area contributed by atoms with Gasteiger partial charge in [0.2, 0.25) is 0 Å². The van der Waals surface area contributed by atoms with Crippen molar-refractivity contribution in [2.24, 2.45) is 0 Å². The first-order valence-corrected chi connectivity index (χ1v) is 6.53. The highest BCUT2D eigenvalue weighted by molar-refractivity contribution is 5.36. The summed E-state index contributed by atoms with van der Waals surface area (Å²) in [6, 6.07) is 1.96. The maximum atomic E-state index is 12.1. The van der Waals surface area contributed by atoms with E-state index in [9.17, 15) is 9.90 Å². The number of aromatic nitrogens is 2. The fraction of sp³-hybridized carbons (Fsp3) is 0.615. The summed E-state index contributed by atoms with van der Waals surface area (Å²) in [7, 11) is 0. The second-order valence-electron chi connectivity index (χ2n) is 5.16. The molecule has 0 saturated carbocycles. The minimum Gasteiger partial charge on any atom is -0.387 e. The molecule has 2 heterocycles. The molecule has 0 amide bonds. The van der Waals surface area contributed by atoms with Gasteiger partial charge in [-0.2, -0.15) is 15.0 Å². The minimum atomic E-state index is -0.335. The summed E-state index contributed by atoms with van der Waals surface area (Å²) in [6.07, 6.45) is 1.46. The molecule has 1 unspecified atom stereocenters. The van der Waals surface area contributed by atoms with Crippen molar-refractivity contribution in [2.75, 3.05) is 13.1 Å². The monoisotopic (exact) mass is 263 g/mol. The van der Waals surface area contributed by atoms with Gasteiger partial charge in [-0.05, 0) is 32.3 Å². The van der Waals surface area contributed by atoms with Crippen LogP contribution in [0.15, 0.2) is 4.79 Å². The van der Waals surface area contributed by atoms with Gasteiger partial charge in [-0.3, -0.25) is 4.79 Å². The molecule has 6 heteroatoms. The lowest BCUT2D eigenvalue weighted by atomic mass is 10.1. The van der Waals surface area contributed by atoms with E-state index >= 15 is 0 Å². The van der Waals surface area contributed by atoms with Crippen molar-refractivity contribution in [1.82, 2.24) is 9.78 Å². The molecule has 0 bridgehead atoms. The highest BCUT2D eigenvalue weighted by atomic mass is 16.3. The summed E-state index contributed by atoms with van der Waals surface area (Å²) in [5.74, 6) is 0. The third-order valence-electron chi connectivity index (χ3n) is 3.71. The second-order valence-corrected chi connectivity index (χ2v) is 5.16. The summed E-state index contributed by atoms with van der Waals surface area (Å²) in [5, 5.41) is 23.0. The van der Waals surface area contributed by atoms with E-state index < -0.39 is 0 Å². The number of nitrogens with one attached hydrogen (secondary N) is 1. The van der Waals surface area contributed by atoms with Gasteiger partial charge in [0.1, 0.15) is 24.3 Å². The molecule has 1 fully saturated rings. The van der Waals surface area contributed by atoms with Crippen LogP contribution in [0, 0.1) is 25.2 Å². The van der Waals surface area contributed by atoms with Crippen LogP contribution in [-0.2, 0) is 6.67 Å². The Labute approximate surface area is 111 Å². The average Bonchev–Trinajstić information content (AvgIpc) is 2.37. The number of aliphatic hydroxyl groups is 1. The van der Waals surface area contributed by atoms with Crippen LogP contribution in [0.4, 0.5) is 0 Å². The van der Waals surface area contributed by atoms with Gasteiger partial charge in [-0.15, -0.1) is 0 Å². The number of hydrogen-bond donors (Lipinski definition) is 2. The SMILES string of the molecule is Cc1nn(C[NH+]2CCC[C@@H](O)C2)c(=O)c(C#N)c1C. The maximum absolute atomic E-state index is 12.1. The molecule has 1 aromatic heterocycles. The smallest absolute Gasteiger partial charge is 0.289 e. The van der Waals surface area contributed by atoms with Crippen molar-refractivity contribution in [1.29, 1.82) is 5.26 Å². The fourth-order valence-corrected chi connectivity index (χ4v) is 2.49. The molecular weight excluding hydrogens is 244 g/mol. The third kappa shape index (κ3) is 2.83. The molecule has 2 N–H and O–H groups in total. The highest BCUT2D eigenvalue weighted by Crippen LogP contribution is 2.04. The van der Waals surface area contributed by atoms with Gasteiger partial charge in [0, 0.05) is 0 Å². The highest BCUT2D eigenvalue weighted by Gasteiger charge is 2.22. The van der Waals surface area contributed by atoms with Crippen LogP contribution < -0.4 is 10.5 Å². The average molecular weight is 263 g/mol. The predicted octanol–water partition coefficient (Wildman–Crippen LogP) is -1.27. The zero-order chi connectivity index (χ0) is 14.0. The van der Waals surface area contributed by atoms with Crippen LogP contribution in [0.2, 0.25) is 0 Å². The minimum absolute atomic E-state index is 0.171. The lowest BCUT2D eigenvalue weighted by Gasteiger charge is -2.27. The van der Waals surface area contributed by atoms with Crippen LogP contribution in [0.25, 0.3) is 0 Å². The van der Waals surface area contributed by atoms with Crippen LogP contribution in [0.1, 0.15) is 29.7 Å². The summed E-state index contributed by atoms with van der Waals surface area (Å²) >= 11 is 0. The van der Waals surface area contributed by atoms with Gasteiger partial charge in [-0.25, -0.2) is 0 Å². The van der Waals surface area contributed by atoms with Crippen LogP contribution in [0.5, 0.6) is 0 Å². The maximum Gasteiger partial charge on any atom is 0.289 e. The van der Waals surface area contributed by atoms with Crippen molar-refractivity contribution >= 4 is 0 Å². The Hall–Kier alpha value is -1.71. The van der Waals surface area contributed by atoms with Crippen LogP contribution in [-0.4, -0.2) is 34.1 Å². The fourth-order valence-electron chi connectivity index (χ4n) is 2.49. The van der Waals surface area contributed by atoms with Gasteiger partial charge < -0.3 is 10.0 Å². The molecule has 1 aromatic rings. The number of aliphatic hydroxyl groups excluding tert-OH is 1. The standard InChI is InChI=1S/C13H18N4O2/c1-9-10(2)15-17(13(19)12(9)6-14)8-16-5-3-4-11(18)7-16/h11,18H,3-5,7-8H2,1-2H3/p+1/t11-/m1/s1. The molecule has 2 rings (SSSR count). The number of hydrogen-bond acceptors (Lipinski definition) is 4. The zero-order valence-electron chi connectivity index (χ0n) is 11.3. The lowest BCUT2D eigenvalue weighted by molar-refractivity contribution is -0.931. The van der Waals surface area contributed by atoms with E-state index in [0.717, 1.165) is 24.3 Å². The summed E-state index contributed by atoms with van der Waals surface area (Å²) in [6.45, 7) is 5.49. The summed E-state index contributed by atoms with van der Waals surface area (Å²) < 4.78 is 1.36. The van der Waals surface area contributed by atoms with Crippen LogP contribution >= 0.6 is 0 Å². The first kappa shape index (κ1) is 13.7. The first-order valence-electron chi connectivity index (χ1n) is 6.53. The Morgan fingerprint density at radius 3 is 2.95 bits per heavy atom. The Kier molecular flexibility index (Phi) is 3.98. The topological polar surface area (TPSA) is 83.3 Å². The Morgan fingerprint density at radius 2 is 2.32 bits per heavy atom. The lowest BCUT2D eigenvalue weighted by Crippen LogP contribution is -3.13. The van der Waals surface area contributed by atoms with Crippen molar-refractivity contribution in [3.8, 4) is 6.07 Å². The van der Waals surface area contributed by atoms with Gasteiger partial charge >= 0.3 is 0 Å². The van der Waals surface area contributed by atoms with Gasteiger partial charge in [-0.1, -0.05) is 0 Å². The molecule has 1 saturated heterocycles. The quantitative estimate of drug-likeness (QED) is 0.697. The summed E-state index contributed by atoms with van der Waals surface area (Å²) in [4.78, 5) is 13.3. The number of nitriles is 1.